The number of fused-ring (bicyclic) bond motifs is 7. The van der Waals surface area contributed by atoms with Crippen LogP contribution in [0.15, 0.2) is 150 Å². The molecule has 0 aliphatic carbocycles. The Morgan fingerprint density at radius 2 is 1.21 bits per heavy atom. The van der Waals surface area contributed by atoms with Crippen LogP contribution in [0.5, 0.6) is 0 Å². The SMILES string of the molecule is c1ccc(-c2ccc(N(c3ccc4c(c3)oc3ccccc34)c3ccc4sc5cc6ccncc6cc5c4c3)cc2)cc1. The van der Waals surface area contributed by atoms with Crippen molar-refractivity contribution in [2.24, 2.45) is 0 Å². The summed E-state index contributed by atoms with van der Waals surface area (Å²) >= 11 is 1.84. The Labute approximate surface area is 251 Å². The zero-order valence-electron chi connectivity index (χ0n) is 23.1. The number of thiophene rings is 1. The van der Waals surface area contributed by atoms with Crippen molar-refractivity contribution in [2.45, 2.75) is 0 Å². The van der Waals surface area contributed by atoms with Gasteiger partial charge in [-0.15, -0.1) is 11.3 Å². The quantitative estimate of drug-likeness (QED) is 0.211. The van der Waals surface area contributed by atoms with E-state index in [2.05, 4.69) is 131 Å². The zero-order valence-corrected chi connectivity index (χ0v) is 23.9. The average molecular weight is 569 g/mol. The van der Waals surface area contributed by atoms with Crippen LogP contribution in [0.2, 0.25) is 0 Å². The first-order valence-electron chi connectivity index (χ1n) is 14.4. The van der Waals surface area contributed by atoms with Crippen molar-refractivity contribution >= 4 is 81.3 Å². The number of benzene rings is 6. The van der Waals surface area contributed by atoms with Gasteiger partial charge >= 0.3 is 0 Å². The fraction of sp³-hybridized carbons (Fsp3) is 0. The maximum absolute atomic E-state index is 6.32. The summed E-state index contributed by atoms with van der Waals surface area (Å²) in [6, 6.07) is 47.6. The van der Waals surface area contributed by atoms with Crippen LogP contribution in [0.25, 0.3) is 64.0 Å². The molecule has 0 bridgehead atoms. The van der Waals surface area contributed by atoms with Gasteiger partial charge in [-0.1, -0.05) is 60.7 Å². The number of anilines is 3. The highest BCUT2D eigenvalue weighted by Gasteiger charge is 2.17. The molecule has 0 aliphatic heterocycles. The summed E-state index contributed by atoms with van der Waals surface area (Å²) in [5.74, 6) is 0. The van der Waals surface area contributed by atoms with Crippen molar-refractivity contribution in [3.63, 3.8) is 0 Å². The molecular weight excluding hydrogens is 545 g/mol. The Hall–Kier alpha value is -5.45. The number of nitrogens with zero attached hydrogens (tertiary/aromatic N) is 2. The predicted octanol–water partition coefficient (Wildman–Crippen LogP) is 11.6. The van der Waals surface area contributed by atoms with Crippen molar-refractivity contribution in [1.29, 1.82) is 0 Å². The number of furan rings is 1. The van der Waals surface area contributed by atoms with Gasteiger partial charge < -0.3 is 9.32 Å². The fourth-order valence-corrected chi connectivity index (χ4v) is 7.34. The molecule has 43 heavy (non-hydrogen) atoms. The van der Waals surface area contributed by atoms with Crippen molar-refractivity contribution in [1.82, 2.24) is 4.98 Å². The van der Waals surface area contributed by atoms with Crippen molar-refractivity contribution in [3.8, 4) is 11.1 Å². The standard InChI is InChI=1S/C39H24N2OS/c1-2-6-25(7-3-1)26-10-12-29(13-11-26)41(31-14-16-33-32-8-4-5-9-36(32)42-37(33)23-31)30-15-17-38-35(22-30)34-20-28-24-40-19-18-27(28)21-39(34)43-38/h1-24H. The molecule has 4 heteroatoms. The summed E-state index contributed by atoms with van der Waals surface area (Å²) in [6.07, 6.45) is 3.81. The van der Waals surface area contributed by atoms with Gasteiger partial charge in [0, 0.05) is 71.9 Å². The van der Waals surface area contributed by atoms with Gasteiger partial charge in [-0.2, -0.15) is 0 Å². The number of para-hydroxylation sites is 1. The first kappa shape index (κ1) is 24.2. The van der Waals surface area contributed by atoms with E-state index in [-0.39, 0.29) is 0 Å². The van der Waals surface area contributed by atoms with Gasteiger partial charge in [-0.25, -0.2) is 0 Å². The van der Waals surface area contributed by atoms with E-state index in [0.717, 1.165) is 44.4 Å². The summed E-state index contributed by atoms with van der Waals surface area (Å²) < 4.78 is 8.88. The molecular formula is C39H24N2OS. The molecule has 0 saturated heterocycles. The first-order chi connectivity index (χ1) is 21.3. The minimum Gasteiger partial charge on any atom is -0.456 e. The van der Waals surface area contributed by atoms with Crippen LogP contribution in [0, 0.1) is 0 Å². The summed E-state index contributed by atoms with van der Waals surface area (Å²) in [5, 5.41) is 7.14. The second-order valence-corrected chi connectivity index (χ2v) is 12.0. The first-order valence-corrected chi connectivity index (χ1v) is 15.2. The van der Waals surface area contributed by atoms with Crippen molar-refractivity contribution < 1.29 is 4.42 Å². The lowest BCUT2D eigenvalue weighted by molar-refractivity contribution is 0.669. The molecule has 0 unspecified atom stereocenters. The van der Waals surface area contributed by atoms with E-state index in [1.54, 1.807) is 0 Å². The lowest BCUT2D eigenvalue weighted by atomic mass is 10.0. The van der Waals surface area contributed by atoms with Gasteiger partial charge in [0.2, 0.25) is 0 Å². The Balaban J connectivity index is 1.24. The van der Waals surface area contributed by atoms with E-state index >= 15 is 0 Å². The second kappa shape index (κ2) is 9.55. The molecule has 0 atom stereocenters. The summed E-state index contributed by atoms with van der Waals surface area (Å²) in [5.41, 5.74) is 7.42. The summed E-state index contributed by atoms with van der Waals surface area (Å²) in [6.45, 7) is 0. The summed E-state index contributed by atoms with van der Waals surface area (Å²) in [7, 11) is 0. The lowest BCUT2D eigenvalue weighted by Gasteiger charge is -2.26. The van der Waals surface area contributed by atoms with Gasteiger partial charge in [0.05, 0.1) is 0 Å². The highest BCUT2D eigenvalue weighted by atomic mass is 32.1. The van der Waals surface area contributed by atoms with Crippen LogP contribution < -0.4 is 4.90 Å². The number of hydrogen-bond donors (Lipinski definition) is 0. The maximum atomic E-state index is 6.32. The minimum atomic E-state index is 0.880. The third-order valence-electron chi connectivity index (χ3n) is 8.32. The van der Waals surface area contributed by atoms with E-state index in [4.69, 9.17) is 4.42 Å². The molecule has 9 aromatic rings. The highest BCUT2D eigenvalue weighted by Crippen LogP contribution is 2.43. The van der Waals surface area contributed by atoms with Gasteiger partial charge in [0.15, 0.2) is 0 Å². The molecule has 0 aliphatic rings. The molecule has 3 heterocycles. The normalized spacial score (nSPS) is 11.7. The molecule has 0 fully saturated rings. The van der Waals surface area contributed by atoms with Gasteiger partial charge in [-0.05, 0) is 83.2 Å². The lowest BCUT2D eigenvalue weighted by Crippen LogP contribution is -2.09. The molecule has 0 spiro atoms. The predicted molar refractivity (Wildman–Crippen MR) is 182 cm³/mol. The molecule has 3 aromatic heterocycles. The number of aromatic nitrogens is 1. The average Bonchev–Trinajstić information content (AvgIpc) is 3.61. The number of hydrogen-bond acceptors (Lipinski definition) is 4. The minimum absolute atomic E-state index is 0.880. The Kier molecular flexibility index (Phi) is 5.37. The largest absolute Gasteiger partial charge is 0.456 e. The van der Waals surface area contributed by atoms with Crippen LogP contribution >= 0.6 is 11.3 Å². The van der Waals surface area contributed by atoms with Crippen molar-refractivity contribution in [3.05, 3.63) is 146 Å². The van der Waals surface area contributed by atoms with Crippen LogP contribution in [0.3, 0.4) is 0 Å². The van der Waals surface area contributed by atoms with Crippen LogP contribution in [0.1, 0.15) is 0 Å². The molecule has 9 rings (SSSR count). The van der Waals surface area contributed by atoms with E-state index in [1.165, 1.54) is 36.7 Å². The third kappa shape index (κ3) is 3.99. The van der Waals surface area contributed by atoms with Gasteiger partial charge in [0.1, 0.15) is 11.2 Å². The molecule has 0 radical (unpaired) electrons. The van der Waals surface area contributed by atoms with Gasteiger partial charge in [-0.3, -0.25) is 4.98 Å². The van der Waals surface area contributed by atoms with Crippen LogP contribution in [0.4, 0.5) is 17.1 Å². The third-order valence-corrected chi connectivity index (χ3v) is 9.46. The Morgan fingerprint density at radius 1 is 0.488 bits per heavy atom. The summed E-state index contributed by atoms with van der Waals surface area (Å²) in [4.78, 5) is 6.69. The zero-order chi connectivity index (χ0) is 28.3. The monoisotopic (exact) mass is 568 g/mol. The smallest absolute Gasteiger partial charge is 0.137 e. The molecule has 0 amide bonds. The topological polar surface area (TPSA) is 29.3 Å². The van der Waals surface area contributed by atoms with Crippen molar-refractivity contribution in [2.75, 3.05) is 4.90 Å². The van der Waals surface area contributed by atoms with Crippen LogP contribution in [-0.4, -0.2) is 4.98 Å². The highest BCUT2D eigenvalue weighted by molar-refractivity contribution is 7.25. The number of rotatable bonds is 4. The second-order valence-electron chi connectivity index (χ2n) is 10.9. The fourth-order valence-electron chi connectivity index (χ4n) is 6.22. The van der Waals surface area contributed by atoms with E-state index in [9.17, 15) is 0 Å². The molecule has 202 valence electrons. The molecule has 6 aromatic carbocycles. The van der Waals surface area contributed by atoms with Crippen LogP contribution in [-0.2, 0) is 0 Å². The maximum Gasteiger partial charge on any atom is 0.137 e. The van der Waals surface area contributed by atoms with Gasteiger partial charge in [0.25, 0.3) is 0 Å². The Morgan fingerprint density at radius 3 is 2.12 bits per heavy atom. The number of pyridine rings is 1. The van der Waals surface area contributed by atoms with E-state index in [1.807, 2.05) is 35.9 Å². The van der Waals surface area contributed by atoms with E-state index < -0.39 is 0 Å². The Bertz CT molecular complexity index is 2460. The molecule has 3 nitrogen and oxygen atoms in total. The molecule has 0 saturated carbocycles. The molecule has 0 N–H and O–H groups in total. The van der Waals surface area contributed by atoms with E-state index in [0.29, 0.717) is 0 Å².